The normalized spacial score (nSPS) is 20.4. The van der Waals surface area contributed by atoms with Gasteiger partial charge in [0.2, 0.25) is 5.91 Å². The summed E-state index contributed by atoms with van der Waals surface area (Å²) < 4.78 is 0. The molecule has 0 bridgehead atoms. The minimum absolute atomic E-state index is 0.284. The van der Waals surface area contributed by atoms with Crippen LogP contribution in [0.15, 0.2) is 43.0 Å². The first-order chi connectivity index (χ1) is 8.31. The maximum Gasteiger partial charge on any atom is 0.223 e. The second kappa shape index (κ2) is 5.67. The Kier molecular flexibility index (Phi) is 3.97. The molecule has 1 amide bonds. The van der Waals surface area contributed by atoms with E-state index in [1.165, 1.54) is 5.56 Å². The van der Waals surface area contributed by atoms with Crippen LogP contribution in [0, 0.1) is 0 Å². The lowest BCUT2D eigenvalue weighted by Crippen LogP contribution is -2.42. The molecule has 0 radical (unpaired) electrons. The van der Waals surface area contributed by atoms with Gasteiger partial charge < -0.3 is 4.90 Å². The Morgan fingerprint density at radius 2 is 2.12 bits per heavy atom. The monoisotopic (exact) mass is 229 g/mol. The first-order valence-electron chi connectivity index (χ1n) is 6.25. The van der Waals surface area contributed by atoms with Gasteiger partial charge in [-0.3, -0.25) is 4.79 Å². The topological polar surface area (TPSA) is 20.3 Å². The number of piperidine rings is 1. The van der Waals surface area contributed by atoms with Gasteiger partial charge in [-0.1, -0.05) is 36.4 Å². The molecule has 0 aromatic heterocycles. The Bertz CT molecular complexity index is 385. The highest BCUT2D eigenvalue weighted by atomic mass is 16.2. The van der Waals surface area contributed by atoms with Gasteiger partial charge >= 0.3 is 0 Å². The molecule has 0 unspecified atom stereocenters. The minimum atomic E-state index is 0.284. The van der Waals surface area contributed by atoms with E-state index in [0.717, 1.165) is 25.8 Å². The smallest absolute Gasteiger partial charge is 0.223 e. The van der Waals surface area contributed by atoms with Gasteiger partial charge in [0, 0.05) is 19.0 Å². The van der Waals surface area contributed by atoms with Gasteiger partial charge in [-0.25, -0.2) is 0 Å². The number of likely N-dealkylation sites (tertiary alicyclic amines) is 1. The quantitative estimate of drug-likeness (QED) is 0.726. The van der Waals surface area contributed by atoms with Crippen LogP contribution in [0.4, 0.5) is 0 Å². The molecule has 1 aromatic carbocycles. The van der Waals surface area contributed by atoms with Crippen molar-refractivity contribution in [3.8, 4) is 0 Å². The molecule has 2 rings (SSSR count). The van der Waals surface area contributed by atoms with Crippen molar-refractivity contribution in [3.05, 3.63) is 48.6 Å². The van der Waals surface area contributed by atoms with Crippen LogP contribution in [0.5, 0.6) is 0 Å². The summed E-state index contributed by atoms with van der Waals surface area (Å²) in [7, 11) is 0. The fourth-order valence-electron chi connectivity index (χ4n) is 2.43. The SMILES string of the molecule is C=CC[C@H]1CCCC(=O)N1Cc1ccccc1. The maximum absolute atomic E-state index is 12.0. The molecular formula is C15H19NO. The van der Waals surface area contributed by atoms with Gasteiger partial charge in [-0.15, -0.1) is 6.58 Å². The highest BCUT2D eigenvalue weighted by Crippen LogP contribution is 2.23. The Labute approximate surface area is 103 Å². The standard InChI is InChI=1S/C15H19NO/c1-2-7-14-10-6-11-15(17)16(14)12-13-8-4-3-5-9-13/h2-5,8-9,14H,1,6-7,10-12H2/t14-/m0/s1. The van der Waals surface area contributed by atoms with Crippen molar-refractivity contribution in [2.45, 2.75) is 38.3 Å². The van der Waals surface area contributed by atoms with E-state index in [0.29, 0.717) is 12.5 Å². The maximum atomic E-state index is 12.0. The second-order valence-corrected chi connectivity index (χ2v) is 4.58. The van der Waals surface area contributed by atoms with E-state index in [-0.39, 0.29) is 5.91 Å². The predicted octanol–water partition coefficient (Wildman–Crippen LogP) is 3.14. The van der Waals surface area contributed by atoms with Gasteiger partial charge in [0.25, 0.3) is 0 Å². The molecule has 1 heterocycles. The molecule has 1 aliphatic rings. The lowest BCUT2D eigenvalue weighted by Gasteiger charge is -2.35. The second-order valence-electron chi connectivity index (χ2n) is 4.58. The molecule has 17 heavy (non-hydrogen) atoms. The van der Waals surface area contributed by atoms with Gasteiger partial charge in [-0.05, 0) is 24.8 Å². The molecule has 0 aliphatic carbocycles. The molecule has 0 saturated carbocycles. The summed E-state index contributed by atoms with van der Waals surface area (Å²) in [5, 5.41) is 0. The van der Waals surface area contributed by atoms with E-state index >= 15 is 0 Å². The summed E-state index contributed by atoms with van der Waals surface area (Å²) in [4.78, 5) is 14.0. The van der Waals surface area contributed by atoms with Crippen LogP contribution in [-0.4, -0.2) is 16.8 Å². The third kappa shape index (κ3) is 2.96. The molecule has 1 atom stereocenters. The van der Waals surface area contributed by atoms with Crippen LogP contribution in [0.3, 0.4) is 0 Å². The molecule has 90 valence electrons. The molecule has 0 N–H and O–H groups in total. The number of carbonyl (C=O) groups excluding carboxylic acids is 1. The summed E-state index contributed by atoms with van der Waals surface area (Å²) in [6, 6.07) is 10.5. The molecule has 1 saturated heterocycles. The van der Waals surface area contributed by atoms with Crippen LogP contribution in [0.2, 0.25) is 0 Å². The van der Waals surface area contributed by atoms with E-state index in [2.05, 4.69) is 18.7 Å². The first-order valence-corrected chi connectivity index (χ1v) is 6.25. The van der Waals surface area contributed by atoms with E-state index in [1.54, 1.807) is 0 Å². The number of hydrogen-bond donors (Lipinski definition) is 0. The van der Waals surface area contributed by atoms with Gasteiger partial charge in [-0.2, -0.15) is 0 Å². The van der Waals surface area contributed by atoms with Crippen molar-refractivity contribution in [3.63, 3.8) is 0 Å². The largest absolute Gasteiger partial charge is 0.335 e. The summed E-state index contributed by atoms with van der Waals surface area (Å²) in [6.07, 6.45) is 5.63. The average Bonchev–Trinajstić information content (AvgIpc) is 2.35. The molecular weight excluding hydrogens is 210 g/mol. The lowest BCUT2D eigenvalue weighted by molar-refractivity contribution is -0.137. The minimum Gasteiger partial charge on any atom is -0.335 e. The molecule has 0 spiro atoms. The van der Waals surface area contributed by atoms with Crippen molar-refractivity contribution in [2.24, 2.45) is 0 Å². The third-order valence-corrected chi connectivity index (χ3v) is 3.32. The number of benzene rings is 1. The Hall–Kier alpha value is -1.57. The van der Waals surface area contributed by atoms with Gasteiger partial charge in [0.1, 0.15) is 0 Å². The van der Waals surface area contributed by atoms with Gasteiger partial charge in [0.05, 0.1) is 0 Å². The van der Waals surface area contributed by atoms with Gasteiger partial charge in [0.15, 0.2) is 0 Å². The first kappa shape index (κ1) is 11.9. The van der Waals surface area contributed by atoms with Crippen molar-refractivity contribution >= 4 is 5.91 Å². The van der Waals surface area contributed by atoms with E-state index in [1.807, 2.05) is 29.2 Å². The Morgan fingerprint density at radius 3 is 2.82 bits per heavy atom. The number of rotatable bonds is 4. The van der Waals surface area contributed by atoms with Crippen molar-refractivity contribution in [1.82, 2.24) is 4.90 Å². The fraction of sp³-hybridized carbons (Fsp3) is 0.400. The number of hydrogen-bond acceptors (Lipinski definition) is 1. The molecule has 1 aliphatic heterocycles. The summed E-state index contributed by atoms with van der Waals surface area (Å²) in [6.45, 7) is 4.52. The number of amides is 1. The van der Waals surface area contributed by atoms with Crippen LogP contribution < -0.4 is 0 Å². The average molecular weight is 229 g/mol. The predicted molar refractivity (Wildman–Crippen MR) is 69.4 cm³/mol. The highest BCUT2D eigenvalue weighted by molar-refractivity contribution is 5.77. The van der Waals surface area contributed by atoms with Crippen LogP contribution in [-0.2, 0) is 11.3 Å². The zero-order valence-electron chi connectivity index (χ0n) is 10.1. The summed E-state index contributed by atoms with van der Waals surface area (Å²) in [5.74, 6) is 0.284. The zero-order chi connectivity index (χ0) is 12.1. The lowest BCUT2D eigenvalue weighted by atomic mass is 9.98. The highest BCUT2D eigenvalue weighted by Gasteiger charge is 2.26. The number of carbonyl (C=O) groups is 1. The summed E-state index contributed by atoms with van der Waals surface area (Å²) in [5.41, 5.74) is 1.21. The van der Waals surface area contributed by atoms with Crippen LogP contribution in [0.25, 0.3) is 0 Å². The van der Waals surface area contributed by atoms with E-state index in [4.69, 9.17) is 0 Å². The number of nitrogens with zero attached hydrogens (tertiary/aromatic N) is 1. The molecule has 1 aromatic rings. The van der Waals surface area contributed by atoms with Crippen molar-refractivity contribution in [2.75, 3.05) is 0 Å². The third-order valence-electron chi connectivity index (χ3n) is 3.32. The van der Waals surface area contributed by atoms with Crippen LogP contribution in [0.1, 0.15) is 31.2 Å². The molecule has 2 nitrogen and oxygen atoms in total. The van der Waals surface area contributed by atoms with E-state index < -0.39 is 0 Å². The van der Waals surface area contributed by atoms with Crippen molar-refractivity contribution in [1.29, 1.82) is 0 Å². The Morgan fingerprint density at radius 1 is 1.35 bits per heavy atom. The van der Waals surface area contributed by atoms with E-state index in [9.17, 15) is 4.79 Å². The Balaban J connectivity index is 2.09. The fourth-order valence-corrected chi connectivity index (χ4v) is 2.43. The van der Waals surface area contributed by atoms with Crippen molar-refractivity contribution < 1.29 is 4.79 Å². The van der Waals surface area contributed by atoms with Crippen LogP contribution >= 0.6 is 0 Å². The zero-order valence-corrected chi connectivity index (χ0v) is 10.1. The molecule has 1 fully saturated rings. The molecule has 2 heteroatoms. The summed E-state index contributed by atoms with van der Waals surface area (Å²) >= 11 is 0.